The third-order valence-electron chi connectivity index (χ3n) is 6.40. The molecular weight excluding hydrogens is 404 g/mol. The quantitative estimate of drug-likeness (QED) is 0.635. The van der Waals surface area contributed by atoms with Gasteiger partial charge >= 0.3 is 0 Å². The Kier molecular flexibility index (Phi) is 5.56. The van der Waals surface area contributed by atoms with Crippen LogP contribution in [0.1, 0.15) is 55.6 Å². The highest BCUT2D eigenvalue weighted by Gasteiger charge is 2.41. The van der Waals surface area contributed by atoms with Crippen molar-refractivity contribution in [3.8, 4) is 11.5 Å². The summed E-state index contributed by atoms with van der Waals surface area (Å²) in [5, 5.41) is 0. The fraction of sp³-hybridized carbons (Fsp3) is 0.333. The zero-order valence-corrected chi connectivity index (χ0v) is 18.2. The van der Waals surface area contributed by atoms with Crippen LogP contribution >= 0.6 is 0 Å². The van der Waals surface area contributed by atoms with E-state index in [1.165, 1.54) is 0 Å². The van der Waals surface area contributed by atoms with Crippen LogP contribution in [0.5, 0.6) is 11.5 Å². The molecule has 5 heteroatoms. The van der Waals surface area contributed by atoms with Crippen molar-refractivity contribution in [2.24, 2.45) is 0 Å². The molecule has 5 rings (SSSR count). The van der Waals surface area contributed by atoms with E-state index in [1.807, 2.05) is 48.5 Å². The monoisotopic (exact) mass is 430 g/mol. The number of rotatable bonds is 5. The number of ether oxygens (including phenoxy) is 3. The van der Waals surface area contributed by atoms with Gasteiger partial charge in [-0.1, -0.05) is 36.4 Å². The molecule has 0 bridgehead atoms. The van der Waals surface area contributed by atoms with E-state index < -0.39 is 5.92 Å². The zero-order valence-electron chi connectivity index (χ0n) is 18.2. The Morgan fingerprint density at radius 2 is 1.50 bits per heavy atom. The minimum atomic E-state index is -0.397. The molecule has 3 aliphatic rings. The van der Waals surface area contributed by atoms with Gasteiger partial charge in [0.05, 0.1) is 7.11 Å². The molecule has 0 saturated heterocycles. The van der Waals surface area contributed by atoms with E-state index in [1.54, 1.807) is 7.11 Å². The molecule has 0 radical (unpaired) electrons. The first kappa shape index (κ1) is 20.6. The molecule has 0 fully saturated rings. The highest BCUT2D eigenvalue weighted by atomic mass is 16.5. The van der Waals surface area contributed by atoms with Crippen molar-refractivity contribution < 1.29 is 23.8 Å². The summed E-state index contributed by atoms with van der Waals surface area (Å²) in [5.41, 5.74) is 3.21. The van der Waals surface area contributed by atoms with E-state index in [2.05, 4.69) is 0 Å². The summed E-state index contributed by atoms with van der Waals surface area (Å²) in [6.07, 6.45) is 4.03. The van der Waals surface area contributed by atoms with Gasteiger partial charge in [0, 0.05) is 42.7 Å². The van der Waals surface area contributed by atoms with E-state index in [9.17, 15) is 9.59 Å². The molecule has 0 saturated carbocycles. The van der Waals surface area contributed by atoms with Crippen LogP contribution in [0.25, 0.3) is 0 Å². The lowest BCUT2D eigenvalue weighted by Crippen LogP contribution is -2.30. The van der Waals surface area contributed by atoms with Gasteiger partial charge in [-0.3, -0.25) is 9.59 Å². The highest BCUT2D eigenvalue weighted by molar-refractivity contribution is 6.05. The van der Waals surface area contributed by atoms with Crippen LogP contribution in [0, 0.1) is 0 Å². The summed E-state index contributed by atoms with van der Waals surface area (Å²) < 4.78 is 17.8. The number of carbonyl (C=O) groups is 2. The van der Waals surface area contributed by atoms with Crippen molar-refractivity contribution in [3.63, 3.8) is 0 Å². The third kappa shape index (κ3) is 3.72. The molecule has 2 aliphatic carbocycles. The highest BCUT2D eigenvalue weighted by Crippen LogP contribution is 2.48. The van der Waals surface area contributed by atoms with Crippen LogP contribution in [0.2, 0.25) is 0 Å². The fourth-order valence-corrected chi connectivity index (χ4v) is 4.87. The SMILES string of the molecule is COc1cc(C2C3=C(CCCC3=O)OC3=C2C(=O)CCC3)ccc1OCc1ccccc1. The Labute approximate surface area is 187 Å². The van der Waals surface area contributed by atoms with E-state index in [4.69, 9.17) is 14.2 Å². The van der Waals surface area contributed by atoms with Gasteiger partial charge in [-0.05, 0) is 36.1 Å². The maximum atomic E-state index is 12.9. The molecule has 1 aliphatic heterocycles. The molecular formula is C27H26O5. The Hall–Kier alpha value is -3.34. The van der Waals surface area contributed by atoms with Gasteiger partial charge in [0.2, 0.25) is 0 Å². The molecule has 32 heavy (non-hydrogen) atoms. The minimum Gasteiger partial charge on any atom is -0.493 e. The lowest BCUT2D eigenvalue weighted by molar-refractivity contribution is -0.117. The second kappa shape index (κ2) is 8.65. The number of Topliss-reactive ketones (excluding diaryl/α,β-unsaturated/α-hetero) is 2. The molecule has 2 aromatic carbocycles. The number of carbonyl (C=O) groups excluding carboxylic acids is 2. The number of benzene rings is 2. The first-order valence-electron chi connectivity index (χ1n) is 11.2. The number of ketones is 2. The van der Waals surface area contributed by atoms with E-state index in [-0.39, 0.29) is 11.6 Å². The molecule has 2 aromatic rings. The van der Waals surface area contributed by atoms with Crippen molar-refractivity contribution in [2.45, 2.75) is 51.0 Å². The van der Waals surface area contributed by atoms with Gasteiger partial charge in [-0.2, -0.15) is 0 Å². The Morgan fingerprint density at radius 3 is 2.12 bits per heavy atom. The molecule has 5 nitrogen and oxygen atoms in total. The maximum absolute atomic E-state index is 12.9. The maximum Gasteiger partial charge on any atom is 0.163 e. The van der Waals surface area contributed by atoms with Crippen molar-refractivity contribution in [3.05, 3.63) is 82.3 Å². The van der Waals surface area contributed by atoms with Gasteiger partial charge < -0.3 is 14.2 Å². The number of methoxy groups -OCH3 is 1. The fourth-order valence-electron chi connectivity index (χ4n) is 4.87. The van der Waals surface area contributed by atoms with Crippen LogP contribution in [-0.4, -0.2) is 18.7 Å². The summed E-state index contributed by atoms with van der Waals surface area (Å²) >= 11 is 0. The second-order valence-corrected chi connectivity index (χ2v) is 8.45. The summed E-state index contributed by atoms with van der Waals surface area (Å²) in [7, 11) is 1.60. The van der Waals surface area contributed by atoms with Gasteiger partial charge in [-0.15, -0.1) is 0 Å². The van der Waals surface area contributed by atoms with Crippen molar-refractivity contribution >= 4 is 11.6 Å². The van der Waals surface area contributed by atoms with Crippen LogP contribution in [-0.2, 0) is 20.9 Å². The van der Waals surface area contributed by atoms with Crippen molar-refractivity contribution in [1.29, 1.82) is 0 Å². The first-order chi connectivity index (χ1) is 15.7. The molecule has 1 heterocycles. The standard InChI is InChI=1S/C27H26O5/c1-30-24-15-18(13-14-21(24)31-16-17-7-3-2-4-8-17)25-26-19(28)9-5-11-22(26)32-23-12-6-10-20(29)27(23)25/h2-4,7-8,13-15,25H,5-6,9-12,16H2,1H3. The van der Waals surface area contributed by atoms with E-state index >= 15 is 0 Å². The Balaban J connectivity index is 1.53. The molecule has 0 amide bonds. The number of hydrogen-bond donors (Lipinski definition) is 0. The average Bonchev–Trinajstić information content (AvgIpc) is 2.82. The minimum absolute atomic E-state index is 0.0737. The van der Waals surface area contributed by atoms with Crippen LogP contribution in [0.4, 0.5) is 0 Å². The summed E-state index contributed by atoms with van der Waals surface area (Å²) in [6, 6.07) is 15.6. The normalized spacial score (nSPS) is 18.8. The van der Waals surface area contributed by atoms with Crippen LogP contribution in [0.15, 0.2) is 71.2 Å². The Bertz CT molecular complexity index is 1080. The first-order valence-corrected chi connectivity index (χ1v) is 11.2. The Morgan fingerprint density at radius 1 is 0.844 bits per heavy atom. The van der Waals surface area contributed by atoms with Crippen LogP contribution < -0.4 is 9.47 Å². The topological polar surface area (TPSA) is 61.8 Å². The predicted octanol–water partition coefficient (Wildman–Crippen LogP) is 5.40. The third-order valence-corrected chi connectivity index (χ3v) is 6.40. The second-order valence-electron chi connectivity index (χ2n) is 8.45. The van der Waals surface area contributed by atoms with Crippen molar-refractivity contribution in [1.82, 2.24) is 0 Å². The molecule has 0 atom stereocenters. The molecule has 0 spiro atoms. The average molecular weight is 431 g/mol. The summed E-state index contributed by atoms with van der Waals surface area (Å²) in [6.45, 7) is 0.426. The zero-order chi connectivity index (χ0) is 22.1. The molecule has 0 N–H and O–H groups in total. The van der Waals surface area contributed by atoms with Gasteiger partial charge in [0.25, 0.3) is 0 Å². The van der Waals surface area contributed by atoms with Crippen molar-refractivity contribution in [2.75, 3.05) is 7.11 Å². The summed E-state index contributed by atoms with van der Waals surface area (Å²) in [4.78, 5) is 25.9. The molecule has 164 valence electrons. The lowest BCUT2D eigenvalue weighted by Gasteiger charge is -2.36. The number of hydrogen-bond acceptors (Lipinski definition) is 5. The smallest absolute Gasteiger partial charge is 0.163 e. The van der Waals surface area contributed by atoms with Gasteiger partial charge in [0.1, 0.15) is 18.1 Å². The molecule has 0 unspecified atom stereocenters. The largest absolute Gasteiger partial charge is 0.493 e. The van der Waals surface area contributed by atoms with Gasteiger partial charge in [0.15, 0.2) is 23.1 Å². The van der Waals surface area contributed by atoms with E-state index in [0.29, 0.717) is 42.1 Å². The number of allylic oxidation sites excluding steroid dienone is 4. The van der Waals surface area contributed by atoms with Crippen LogP contribution in [0.3, 0.4) is 0 Å². The molecule has 0 aromatic heterocycles. The lowest BCUT2D eigenvalue weighted by atomic mass is 9.73. The summed E-state index contributed by atoms with van der Waals surface area (Å²) in [5.74, 6) is 2.44. The predicted molar refractivity (Wildman–Crippen MR) is 119 cm³/mol. The van der Waals surface area contributed by atoms with E-state index in [0.717, 1.165) is 48.3 Å². The van der Waals surface area contributed by atoms with Gasteiger partial charge in [-0.25, -0.2) is 0 Å².